The van der Waals surface area contributed by atoms with Gasteiger partial charge in [0, 0.05) is 30.0 Å². The second kappa shape index (κ2) is 8.21. The van der Waals surface area contributed by atoms with Gasteiger partial charge in [0.2, 0.25) is 11.7 Å². The van der Waals surface area contributed by atoms with Crippen molar-refractivity contribution in [2.75, 3.05) is 23.3 Å². The van der Waals surface area contributed by atoms with Gasteiger partial charge in [-0.2, -0.15) is 4.80 Å². The first-order valence-corrected chi connectivity index (χ1v) is 9.73. The van der Waals surface area contributed by atoms with Gasteiger partial charge in [-0.3, -0.25) is 4.79 Å². The van der Waals surface area contributed by atoms with Crippen molar-refractivity contribution in [2.24, 2.45) is 0 Å². The monoisotopic (exact) mass is 376 g/mol. The average Bonchev–Trinajstić information content (AvgIpc) is 3.41. The van der Waals surface area contributed by atoms with Crippen molar-refractivity contribution in [3.8, 4) is 11.4 Å². The first-order chi connectivity index (χ1) is 13.7. The number of aryl methyl sites for hydroxylation is 1. The molecule has 0 radical (unpaired) electrons. The van der Waals surface area contributed by atoms with Gasteiger partial charge in [-0.1, -0.05) is 31.2 Å². The zero-order chi connectivity index (χ0) is 19.3. The van der Waals surface area contributed by atoms with E-state index in [1.165, 1.54) is 28.9 Å². The lowest BCUT2D eigenvalue weighted by atomic mass is 10.1. The van der Waals surface area contributed by atoms with E-state index in [-0.39, 0.29) is 12.5 Å². The van der Waals surface area contributed by atoms with E-state index in [2.05, 4.69) is 44.7 Å². The van der Waals surface area contributed by atoms with Crippen molar-refractivity contribution in [1.29, 1.82) is 0 Å². The van der Waals surface area contributed by atoms with Gasteiger partial charge in [0.25, 0.3) is 0 Å². The minimum absolute atomic E-state index is 0.0217. The highest BCUT2D eigenvalue weighted by atomic mass is 16.2. The van der Waals surface area contributed by atoms with Gasteiger partial charge in [0.05, 0.1) is 0 Å². The molecule has 3 aromatic rings. The third kappa shape index (κ3) is 4.19. The predicted octanol–water partition coefficient (Wildman–Crippen LogP) is 3.14. The number of amides is 1. The molecule has 1 saturated heterocycles. The number of hydrogen-bond acceptors (Lipinski definition) is 5. The van der Waals surface area contributed by atoms with E-state index in [0.717, 1.165) is 30.8 Å². The number of carbonyl (C=O) groups excluding carboxylic acids is 1. The van der Waals surface area contributed by atoms with Gasteiger partial charge in [-0.05, 0) is 54.3 Å². The first kappa shape index (κ1) is 18.2. The van der Waals surface area contributed by atoms with Crippen molar-refractivity contribution in [2.45, 2.75) is 32.7 Å². The Labute approximate surface area is 164 Å². The normalized spacial score (nSPS) is 13.7. The number of tetrazole rings is 1. The third-order valence-corrected chi connectivity index (χ3v) is 4.98. The van der Waals surface area contributed by atoms with Gasteiger partial charge in [0.1, 0.15) is 6.54 Å². The van der Waals surface area contributed by atoms with E-state index in [1.807, 2.05) is 36.4 Å². The summed E-state index contributed by atoms with van der Waals surface area (Å²) in [6, 6.07) is 16.0. The topological polar surface area (TPSA) is 75.9 Å². The maximum absolute atomic E-state index is 12.3. The molecule has 1 fully saturated rings. The molecule has 0 saturated carbocycles. The highest BCUT2D eigenvalue weighted by Crippen LogP contribution is 2.22. The zero-order valence-corrected chi connectivity index (χ0v) is 16.0. The molecule has 1 aliphatic rings. The summed E-state index contributed by atoms with van der Waals surface area (Å²) in [7, 11) is 0. The molecule has 4 rings (SSSR count). The fourth-order valence-corrected chi connectivity index (χ4v) is 3.38. The summed E-state index contributed by atoms with van der Waals surface area (Å²) in [6.45, 7) is 4.34. The summed E-state index contributed by atoms with van der Waals surface area (Å²) in [5.41, 5.74) is 4.11. The molecule has 7 nitrogen and oxygen atoms in total. The molecule has 1 aromatic heterocycles. The summed E-state index contributed by atoms with van der Waals surface area (Å²) in [4.78, 5) is 16.0. The number of hydrogen-bond donors (Lipinski definition) is 1. The second-order valence-electron chi connectivity index (χ2n) is 6.98. The van der Waals surface area contributed by atoms with Gasteiger partial charge in [0.15, 0.2) is 0 Å². The molecule has 2 aromatic carbocycles. The Hall–Kier alpha value is -3.22. The highest BCUT2D eigenvalue weighted by molar-refractivity contribution is 5.90. The van der Waals surface area contributed by atoms with Gasteiger partial charge in [-0.15, -0.1) is 10.2 Å². The van der Waals surface area contributed by atoms with Crippen LogP contribution in [-0.2, 0) is 17.8 Å². The number of aromatic nitrogens is 4. The first-order valence-electron chi connectivity index (χ1n) is 9.73. The van der Waals surface area contributed by atoms with E-state index >= 15 is 0 Å². The van der Waals surface area contributed by atoms with Crippen molar-refractivity contribution in [3.63, 3.8) is 0 Å². The number of benzene rings is 2. The number of nitrogens with one attached hydrogen (secondary N) is 1. The molecule has 144 valence electrons. The highest BCUT2D eigenvalue weighted by Gasteiger charge is 2.13. The van der Waals surface area contributed by atoms with E-state index in [0.29, 0.717) is 5.82 Å². The smallest absolute Gasteiger partial charge is 0.248 e. The maximum Gasteiger partial charge on any atom is 0.248 e. The van der Waals surface area contributed by atoms with Crippen LogP contribution in [0.1, 0.15) is 25.3 Å². The Bertz CT molecular complexity index is 926. The van der Waals surface area contributed by atoms with Crippen LogP contribution in [0, 0.1) is 0 Å². The standard InChI is InChI=1S/C21H24N6O/c1-2-16-5-7-17(8-6-16)21-23-25-27(24-21)15-20(28)22-18-9-11-19(12-10-18)26-13-3-4-14-26/h5-12H,2-4,13-15H2,1H3,(H,22,28). The Morgan fingerprint density at radius 2 is 1.75 bits per heavy atom. The van der Waals surface area contributed by atoms with E-state index in [9.17, 15) is 4.79 Å². The van der Waals surface area contributed by atoms with Crippen LogP contribution in [0.15, 0.2) is 48.5 Å². The van der Waals surface area contributed by atoms with Gasteiger partial charge < -0.3 is 10.2 Å². The molecule has 1 aliphatic heterocycles. The van der Waals surface area contributed by atoms with E-state index < -0.39 is 0 Å². The lowest BCUT2D eigenvalue weighted by Crippen LogP contribution is -2.21. The number of rotatable bonds is 6. The molecule has 2 heterocycles. The lowest BCUT2D eigenvalue weighted by Gasteiger charge is -2.17. The Morgan fingerprint density at radius 3 is 2.43 bits per heavy atom. The summed E-state index contributed by atoms with van der Waals surface area (Å²) < 4.78 is 0. The minimum atomic E-state index is -0.181. The van der Waals surface area contributed by atoms with Crippen molar-refractivity contribution < 1.29 is 4.79 Å². The largest absolute Gasteiger partial charge is 0.372 e. The van der Waals surface area contributed by atoms with Crippen molar-refractivity contribution in [3.05, 3.63) is 54.1 Å². The summed E-state index contributed by atoms with van der Waals surface area (Å²) in [6.07, 6.45) is 3.47. The average molecular weight is 376 g/mol. The predicted molar refractivity (Wildman–Crippen MR) is 109 cm³/mol. The molecule has 0 aliphatic carbocycles. The molecule has 1 N–H and O–H groups in total. The van der Waals surface area contributed by atoms with Gasteiger partial charge >= 0.3 is 0 Å². The Kier molecular flexibility index (Phi) is 5.32. The molecule has 0 bridgehead atoms. The molecule has 0 atom stereocenters. The molecular formula is C21H24N6O. The molecular weight excluding hydrogens is 352 g/mol. The van der Waals surface area contributed by atoms with Crippen LogP contribution in [0.25, 0.3) is 11.4 Å². The molecule has 7 heteroatoms. The summed E-state index contributed by atoms with van der Waals surface area (Å²) >= 11 is 0. The van der Waals surface area contributed by atoms with Gasteiger partial charge in [-0.25, -0.2) is 0 Å². The summed E-state index contributed by atoms with van der Waals surface area (Å²) in [5, 5.41) is 15.2. The van der Waals surface area contributed by atoms with E-state index in [4.69, 9.17) is 0 Å². The Morgan fingerprint density at radius 1 is 1.04 bits per heavy atom. The maximum atomic E-state index is 12.3. The molecule has 28 heavy (non-hydrogen) atoms. The van der Waals surface area contributed by atoms with Crippen LogP contribution in [0.4, 0.5) is 11.4 Å². The zero-order valence-electron chi connectivity index (χ0n) is 16.0. The van der Waals surface area contributed by atoms with Crippen LogP contribution >= 0.6 is 0 Å². The van der Waals surface area contributed by atoms with Crippen LogP contribution < -0.4 is 10.2 Å². The lowest BCUT2D eigenvalue weighted by molar-refractivity contribution is -0.117. The van der Waals surface area contributed by atoms with E-state index in [1.54, 1.807) is 0 Å². The minimum Gasteiger partial charge on any atom is -0.372 e. The fraction of sp³-hybridized carbons (Fsp3) is 0.333. The number of nitrogens with zero attached hydrogens (tertiary/aromatic N) is 5. The quantitative estimate of drug-likeness (QED) is 0.715. The van der Waals surface area contributed by atoms with Crippen LogP contribution in [-0.4, -0.2) is 39.2 Å². The number of carbonyl (C=O) groups is 1. The molecule has 1 amide bonds. The van der Waals surface area contributed by atoms with Crippen molar-refractivity contribution >= 4 is 17.3 Å². The number of anilines is 2. The van der Waals surface area contributed by atoms with Crippen LogP contribution in [0.5, 0.6) is 0 Å². The van der Waals surface area contributed by atoms with Crippen molar-refractivity contribution in [1.82, 2.24) is 20.2 Å². The fourth-order valence-electron chi connectivity index (χ4n) is 3.38. The van der Waals surface area contributed by atoms with Crippen LogP contribution in [0.2, 0.25) is 0 Å². The summed E-state index contributed by atoms with van der Waals surface area (Å²) in [5.74, 6) is 0.338. The SMILES string of the molecule is CCc1ccc(-c2nnn(CC(=O)Nc3ccc(N4CCCC4)cc3)n2)cc1. The second-order valence-corrected chi connectivity index (χ2v) is 6.98. The van der Waals surface area contributed by atoms with Crippen LogP contribution in [0.3, 0.4) is 0 Å². The molecule has 0 spiro atoms. The third-order valence-electron chi connectivity index (χ3n) is 4.98. The molecule has 0 unspecified atom stereocenters. The Balaban J connectivity index is 1.35.